The van der Waals surface area contributed by atoms with E-state index in [9.17, 15) is 19.5 Å². The molecule has 5 nitrogen and oxygen atoms in total. The highest BCUT2D eigenvalue weighted by atomic mass is 16.4. The van der Waals surface area contributed by atoms with Gasteiger partial charge in [0, 0.05) is 24.4 Å². The van der Waals surface area contributed by atoms with Gasteiger partial charge >= 0.3 is 5.97 Å². The second-order valence-electron chi connectivity index (χ2n) is 6.79. The molecule has 5 heteroatoms. The summed E-state index contributed by atoms with van der Waals surface area (Å²) in [5, 5.41) is 9.47. The lowest BCUT2D eigenvalue weighted by Gasteiger charge is -2.33. The Morgan fingerprint density at radius 1 is 1.04 bits per heavy atom. The number of rotatable bonds is 5. The third-order valence-electron chi connectivity index (χ3n) is 5.32. The molecule has 0 aromatic heterocycles. The van der Waals surface area contributed by atoms with Gasteiger partial charge in [0.1, 0.15) is 6.04 Å². The van der Waals surface area contributed by atoms with E-state index in [2.05, 4.69) is 0 Å². The van der Waals surface area contributed by atoms with Gasteiger partial charge in [0.15, 0.2) is 5.78 Å². The van der Waals surface area contributed by atoms with Crippen LogP contribution in [0.5, 0.6) is 0 Å². The predicted octanol–water partition coefficient (Wildman–Crippen LogP) is 2.89. The first-order chi connectivity index (χ1) is 11.6. The third kappa shape index (κ3) is 3.35. The van der Waals surface area contributed by atoms with Crippen LogP contribution in [-0.2, 0) is 9.59 Å². The molecular weight excluding hydrogens is 306 g/mol. The zero-order valence-corrected chi connectivity index (χ0v) is 13.7. The molecule has 2 aliphatic rings. The van der Waals surface area contributed by atoms with Crippen LogP contribution in [-0.4, -0.2) is 39.7 Å². The monoisotopic (exact) mass is 329 g/mol. The Kier molecular flexibility index (Phi) is 4.97. The van der Waals surface area contributed by atoms with Crippen LogP contribution < -0.4 is 0 Å². The summed E-state index contributed by atoms with van der Waals surface area (Å²) >= 11 is 0. The van der Waals surface area contributed by atoms with Crippen LogP contribution in [0.2, 0.25) is 0 Å². The van der Waals surface area contributed by atoms with Crippen LogP contribution in [0.1, 0.15) is 55.3 Å². The highest BCUT2D eigenvalue weighted by Gasteiger charge is 2.47. The Hall–Kier alpha value is -2.17. The average molecular weight is 329 g/mol. The number of carbonyl (C=O) groups excluding carboxylic acids is 2. The Labute approximate surface area is 141 Å². The number of hydrogen-bond acceptors (Lipinski definition) is 3. The fraction of sp³-hybridized carbons (Fsp3) is 0.526. The minimum absolute atomic E-state index is 0.0409. The number of aliphatic carboxylic acids is 1. The molecule has 1 N–H and O–H groups in total. The van der Waals surface area contributed by atoms with Gasteiger partial charge in [-0.2, -0.15) is 0 Å². The lowest BCUT2D eigenvalue weighted by molar-refractivity contribution is -0.149. The fourth-order valence-electron chi connectivity index (χ4n) is 4.16. The van der Waals surface area contributed by atoms with Crippen molar-refractivity contribution in [3.63, 3.8) is 0 Å². The number of nitrogens with zero attached hydrogens (tertiary/aromatic N) is 1. The minimum atomic E-state index is -0.924. The van der Waals surface area contributed by atoms with E-state index in [4.69, 9.17) is 0 Å². The van der Waals surface area contributed by atoms with Gasteiger partial charge in [-0.05, 0) is 25.2 Å². The summed E-state index contributed by atoms with van der Waals surface area (Å²) in [6.07, 6.45) is 4.80. The van der Waals surface area contributed by atoms with Crippen molar-refractivity contribution in [2.45, 2.75) is 57.0 Å². The molecule has 3 rings (SSSR count). The molecule has 2 fully saturated rings. The second kappa shape index (κ2) is 7.16. The van der Waals surface area contributed by atoms with Crippen LogP contribution in [0, 0.1) is 5.92 Å². The molecule has 1 heterocycles. The van der Waals surface area contributed by atoms with E-state index < -0.39 is 12.0 Å². The molecule has 24 heavy (non-hydrogen) atoms. The number of carbonyl (C=O) groups is 3. The number of fused-ring (bicyclic) bond motifs is 1. The Morgan fingerprint density at radius 3 is 2.46 bits per heavy atom. The molecule has 3 unspecified atom stereocenters. The van der Waals surface area contributed by atoms with Gasteiger partial charge in [0.2, 0.25) is 5.91 Å². The Bertz CT molecular complexity index is 628. The van der Waals surface area contributed by atoms with Crippen LogP contribution in [0.25, 0.3) is 0 Å². The zero-order chi connectivity index (χ0) is 17.1. The van der Waals surface area contributed by atoms with Gasteiger partial charge in [0.05, 0.1) is 0 Å². The van der Waals surface area contributed by atoms with Gasteiger partial charge in [-0.1, -0.05) is 43.2 Å². The van der Waals surface area contributed by atoms with E-state index in [0.29, 0.717) is 17.9 Å². The second-order valence-corrected chi connectivity index (χ2v) is 6.79. The number of ketones is 1. The Balaban J connectivity index is 1.66. The molecule has 1 saturated heterocycles. The molecule has 1 amide bonds. The molecule has 1 aromatic carbocycles. The van der Waals surface area contributed by atoms with Gasteiger partial charge in [-0.25, -0.2) is 4.79 Å². The minimum Gasteiger partial charge on any atom is -0.480 e. The molecule has 1 aliphatic heterocycles. The molecule has 0 spiro atoms. The van der Waals surface area contributed by atoms with Crippen molar-refractivity contribution in [1.29, 1.82) is 0 Å². The average Bonchev–Trinajstić information content (AvgIpc) is 3.00. The standard InChI is InChI=1S/C19H23NO4/c21-17(13-6-2-1-3-7-13)10-11-18(22)20-15-9-5-4-8-14(15)12-16(20)19(23)24/h1-3,6-7,14-16H,4-5,8-12H2,(H,23,24). The SMILES string of the molecule is O=C(CCC(=O)N1C(C(=O)O)CC2CCCCC21)c1ccccc1. The fourth-order valence-corrected chi connectivity index (χ4v) is 4.16. The van der Waals surface area contributed by atoms with E-state index >= 15 is 0 Å². The molecule has 1 aliphatic carbocycles. The molecule has 128 valence electrons. The number of benzene rings is 1. The highest BCUT2D eigenvalue weighted by Crippen LogP contribution is 2.40. The smallest absolute Gasteiger partial charge is 0.326 e. The van der Waals surface area contributed by atoms with Crippen molar-refractivity contribution >= 4 is 17.7 Å². The molecule has 1 saturated carbocycles. The molecular formula is C19H23NO4. The first-order valence-electron chi connectivity index (χ1n) is 8.70. The van der Waals surface area contributed by atoms with Crippen LogP contribution in [0.4, 0.5) is 0 Å². The predicted molar refractivity (Wildman–Crippen MR) is 88.6 cm³/mol. The van der Waals surface area contributed by atoms with Gasteiger partial charge in [-0.3, -0.25) is 9.59 Å². The van der Waals surface area contributed by atoms with Gasteiger partial charge < -0.3 is 10.0 Å². The van der Waals surface area contributed by atoms with E-state index in [1.165, 1.54) is 0 Å². The van der Waals surface area contributed by atoms with E-state index in [0.717, 1.165) is 25.7 Å². The van der Waals surface area contributed by atoms with Crippen LogP contribution >= 0.6 is 0 Å². The molecule has 0 bridgehead atoms. The maximum atomic E-state index is 12.7. The summed E-state index contributed by atoms with van der Waals surface area (Å²) in [5.74, 6) is -0.892. The number of amides is 1. The third-order valence-corrected chi connectivity index (χ3v) is 5.32. The maximum absolute atomic E-state index is 12.7. The van der Waals surface area contributed by atoms with Crippen molar-refractivity contribution in [1.82, 2.24) is 4.90 Å². The number of carboxylic acids is 1. The normalized spacial score (nSPS) is 26.0. The largest absolute Gasteiger partial charge is 0.480 e. The summed E-state index contributed by atoms with van der Waals surface area (Å²) in [5.41, 5.74) is 0.594. The molecule has 1 aromatic rings. The number of likely N-dealkylation sites (tertiary alicyclic amines) is 1. The zero-order valence-electron chi connectivity index (χ0n) is 13.7. The van der Waals surface area contributed by atoms with Crippen molar-refractivity contribution in [2.24, 2.45) is 5.92 Å². The maximum Gasteiger partial charge on any atom is 0.326 e. The van der Waals surface area contributed by atoms with E-state index in [-0.39, 0.29) is 30.6 Å². The summed E-state index contributed by atoms with van der Waals surface area (Å²) in [6.45, 7) is 0. The van der Waals surface area contributed by atoms with Gasteiger partial charge in [0.25, 0.3) is 0 Å². The molecule has 3 atom stereocenters. The topological polar surface area (TPSA) is 74.7 Å². The Morgan fingerprint density at radius 2 is 1.75 bits per heavy atom. The van der Waals surface area contributed by atoms with Gasteiger partial charge in [-0.15, -0.1) is 0 Å². The molecule has 0 radical (unpaired) electrons. The summed E-state index contributed by atoms with van der Waals surface area (Å²) in [6, 6.07) is 8.22. The first kappa shape index (κ1) is 16.7. The lowest BCUT2D eigenvalue weighted by atomic mass is 9.84. The summed E-state index contributed by atoms with van der Waals surface area (Å²) in [4.78, 5) is 38.0. The van der Waals surface area contributed by atoms with E-state index in [1.807, 2.05) is 6.07 Å². The quantitative estimate of drug-likeness (QED) is 0.843. The van der Waals surface area contributed by atoms with Crippen molar-refractivity contribution in [3.8, 4) is 0 Å². The van der Waals surface area contributed by atoms with Crippen molar-refractivity contribution in [3.05, 3.63) is 35.9 Å². The van der Waals surface area contributed by atoms with Crippen molar-refractivity contribution < 1.29 is 19.5 Å². The lowest BCUT2D eigenvalue weighted by Crippen LogP contribution is -2.46. The van der Waals surface area contributed by atoms with Crippen LogP contribution in [0.3, 0.4) is 0 Å². The number of hydrogen-bond donors (Lipinski definition) is 1. The first-order valence-corrected chi connectivity index (χ1v) is 8.70. The summed E-state index contributed by atoms with van der Waals surface area (Å²) < 4.78 is 0. The van der Waals surface area contributed by atoms with E-state index in [1.54, 1.807) is 29.2 Å². The highest BCUT2D eigenvalue weighted by molar-refractivity contribution is 5.98. The summed E-state index contributed by atoms with van der Waals surface area (Å²) in [7, 11) is 0. The number of Topliss-reactive ketones (excluding diaryl/α,β-unsaturated/α-hetero) is 1. The van der Waals surface area contributed by atoms with Crippen molar-refractivity contribution in [2.75, 3.05) is 0 Å². The number of carboxylic acid groups (broad SMARTS) is 1. The van der Waals surface area contributed by atoms with Crippen LogP contribution in [0.15, 0.2) is 30.3 Å².